The quantitative estimate of drug-likeness (QED) is 0.467. The lowest BCUT2D eigenvalue weighted by Gasteiger charge is -2.35. The Kier molecular flexibility index (Phi) is 5.05. The smallest absolute Gasteiger partial charge is 0.266 e. The summed E-state index contributed by atoms with van der Waals surface area (Å²) in [7, 11) is 4.30. The average Bonchev–Trinajstić information content (AvgIpc) is 2.47. The lowest BCUT2D eigenvalue weighted by atomic mass is 10.0. The molecule has 1 aromatic rings. The van der Waals surface area contributed by atoms with E-state index in [1.165, 1.54) is 19.4 Å². The van der Waals surface area contributed by atoms with Crippen LogP contribution < -0.4 is 11.3 Å². The SMILES string of the molecule is CN1CCCC(N(C)Cc2ccc(C(=O)NN)cn2)C1. The number of nitrogens with one attached hydrogen (secondary N) is 1. The van der Waals surface area contributed by atoms with Crippen molar-refractivity contribution in [3.63, 3.8) is 0 Å². The normalized spacial score (nSPS) is 20.1. The number of pyridine rings is 1. The molecule has 1 atom stereocenters. The number of hydrogen-bond donors (Lipinski definition) is 2. The number of nitrogens with zero attached hydrogens (tertiary/aromatic N) is 3. The van der Waals surface area contributed by atoms with Gasteiger partial charge in [0.15, 0.2) is 0 Å². The zero-order valence-electron chi connectivity index (χ0n) is 12.2. The highest BCUT2D eigenvalue weighted by Crippen LogP contribution is 2.15. The van der Waals surface area contributed by atoms with Gasteiger partial charge in [0.05, 0.1) is 11.3 Å². The number of carbonyl (C=O) groups excluding carboxylic acids is 1. The fourth-order valence-corrected chi connectivity index (χ4v) is 2.62. The van der Waals surface area contributed by atoms with Gasteiger partial charge in [-0.05, 0) is 45.6 Å². The first kappa shape index (κ1) is 14.9. The third-order valence-electron chi connectivity index (χ3n) is 3.85. The lowest BCUT2D eigenvalue weighted by Crippen LogP contribution is -2.44. The van der Waals surface area contributed by atoms with Gasteiger partial charge in [-0.15, -0.1) is 0 Å². The molecule has 0 radical (unpaired) electrons. The van der Waals surface area contributed by atoms with Gasteiger partial charge in [0.2, 0.25) is 0 Å². The van der Waals surface area contributed by atoms with Crippen LogP contribution in [-0.4, -0.2) is 53.9 Å². The minimum atomic E-state index is -0.314. The van der Waals surface area contributed by atoms with Crippen LogP contribution in [0.2, 0.25) is 0 Å². The van der Waals surface area contributed by atoms with Crippen LogP contribution in [0.25, 0.3) is 0 Å². The summed E-state index contributed by atoms with van der Waals surface area (Å²) in [4.78, 5) is 20.4. The van der Waals surface area contributed by atoms with Crippen molar-refractivity contribution in [3.8, 4) is 0 Å². The second-order valence-corrected chi connectivity index (χ2v) is 5.49. The summed E-state index contributed by atoms with van der Waals surface area (Å²) < 4.78 is 0. The lowest BCUT2D eigenvalue weighted by molar-refractivity contribution is 0.0953. The van der Waals surface area contributed by atoms with Gasteiger partial charge < -0.3 is 4.90 Å². The molecule has 0 saturated carbocycles. The van der Waals surface area contributed by atoms with Gasteiger partial charge in [-0.25, -0.2) is 5.84 Å². The number of likely N-dealkylation sites (N-methyl/N-ethyl adjacent to an activating group) is 2. The van der Waals surface area contributed by atoms with Gasteiger partial charge in [0.1, 0.15) is 0 Å². The Labute approximate surface area is 119 Å². The maximum Gasteiger partial charge on any atom is 0.266 e. The first-order valence-corrected chi connectivity index (χ1v) is 6.95. The second kappa shape index (κ2) is 6.78. The summed E-state index contributed by atoms with van der Waals surface area (Å²) in [6, 6.07) is 4.21. The van der Waals surface area contributed by atoms with E-state index in [2.05, 4.69) is 34.3 Å². The van der Waals surface area contributed by atoms with Crippen LogP contribution in [0.5, 0.6) is 0 Å². The van der Waals surface area contributed by atoms with Gasteiger partial charge in [0.25, 0.3) is 5.91 Å². The number of carbonyl (C=O) groups is 1. The Morgan fingerprint density at radius 2 is 2.40 bits per heavy atom. The minimum absolute atomic E-state index is 0.314. The Bertz CT molecular complexity index is 447. The fraction of sp³-hybridized carbons (Fsp3) is 0.571. The van der Waals surface area contributed by atoms with Crippen molar-refractivity contribution in [3.05, 3.63) is 29.6 Å². The van der Waals surface area contributed by atoms with Crippen LogP contribution in [0.1, 0.15) is 28.9 Å². The molecule has 20 heavy (non-hydrogen) atoms. The zero-order valence-corrected chi connectivity index (χ0v) is 12.2. The second-order valence-electron chi connectivity index (χ2n) is 5.49. The number of hydrazine groups is 1. The molecule has 0 bridgehead atoms. The highest BCUT2D eigenvalue weighted by Gasteiger charge is 2.21. The first-order chi connectivity index (χ1) is 9.60. The third kappa shape index (κ3) is 3.75. The molecule has 2 rings (SSSR count). The molecule has 1 fully saturated rings. The van der Waals surface area contributed by atoms with E-state index in [4.69, 9.17) is 5.84 Å². The Hall–Kier alpha value is -1.50. The molecule has 0 spiro atoms. The van der Waals surface area contributed by atoms with Crippen molar-refractivity contribution in [1.29, 1.82) is 0 Å². The number of piperidine rings is 1. The predicted octanol–water partition coefficient (Wildman–Crippen LogP) is 0.211. The van der Waals surface area contributed by atoms with E-state index < -0.39 is 0 Å². The van der Waals surface area contributed by atoms with Crippen molar-refractivity contribution >= 4 is 5.91 Å². The highest BCUT2D eigenvalue weighted by atomic mass is 16.2. The summed E-state index contributed by atoms with van der Waals surface area (Å²) >= 11 is 0. The molecule has 110 valence electrons. The molecule has 1 saturated heterocycles. The molecular formula is C14H23N5O. The van der Waals surface area contributed by atoms with E-state index in [0.717, 1.165) is 18.8 Å². The van der Waals surface area contributed by atoms with Crippen LogP contribution in [0.4, 0.5) is 0 Å². The molecule has 3 N–H and O–H groups in total. The molecule has 6 heteroatoms. The van der Waals surface area contributed by atoms with Crippen molar-refractivity contribution in [2.24, 2.45) is 5.84 Å². The summed E-state index contributed by atoms with van der Waals surface area (Å²) in [5.74, 6) is 4.78. The van der Waals surface area contributed by atoms with E-state index in [1.54, 1.807) is 12.3 Å². The standard InChI is InChI=1S/C14H23N5O/c1-18-7-3-4-13(10-18)19(2)9-12-6-5-11(8-16-12)14(20)17-15/h5-6,8,13H,3-4,7,9-10,15H2,1-2H3,(H,17,20). The molecule has 2 heterocycles. The highest BCUT2D eigenvalue weighted by molar-refractivity contribution is 5.93. The fourth-order valence-electron chi connectivity index (χ4n) is 2.62. The van der Waals surface area contributed by atoms with Gasteiger partial charge in [-0.2, -0.15) is 0 Å². The molecule has 1 amide bonds. The number of rotatable bonds is 4. The van der Waals surface area contributed by atoms with E-state index in [0.29, 0.717) is 11.6 Å². The van der Waals surface area contributed by atoms with Crippen LogP contribution in [0.3, 0.4) is 0 Å². The van der Waals surface area contributed by atoms with E-state index >= 15 is 0 Å². The Morgan fingerprint density at radius 3 is 3.00 bits per heavy atom. The van der Waals surface area contributed by atoms with Gasteiger partial charge in [0, 0.05) is 25.3 Å². The minimum Gasteiger partial charge on any atom is -0.305 e. The third-order valence-corrected chi connectivity index (χ3v) is 3.85. The monoisotopic (exact) mass is 277 g/mol. The maximum absolute atomic E-state index is 11.3. The molecule has 1 aliphatic rings. The summed E-state index contributed by atoms with van der Waals surface area (Å²) in [6.45, 7) is 3.08. The number of nitrogen functional groups attached to an aromatic ring is 1. The molecule has 1 aromatic heterocycles. The number of aromatic nitrogens is 1. The molecule has 0 aliphatic carbocycles. The van der Waals surface area contributed by atoms with Crippen LogP contribution in [-0.2, 0) is 6.54 Å². The van der Waals surface area contributed by atoms with Gasteiger partial charge >= 0.3 is 0 Å². The van der Waals surface area contributed by atoms with Gasteiger partial charge in [-0.1, -0.05) is 0 Å². The Morgan fingerprint density at radius 1 is 1.60 bits per heavy atom. The van der Waals surface area contributed by atoms with Crippen LogP contribution in [0.15, 0.2) is 18.3 Å². The average molecular weight is 277 g/mol. The van der Waals surface area contributed by atoms with E-state index in [-0.39, 0.29) is 5.91 Å². The zero-order chi connectivity index (χ0) is 14.5. The van der Waals surface area contributed by atoms with Crippen LogP contribution in [0, 0.1) is 0 Å². The largest absolute Gasteiger partial charge is 0.305 e. The number of likely N-dealkylation sites (tertiary alicyclic amines) is 1. The van der Waals surface area contributed by atoms with Crippen molar-refractivity contribution in [1.82, 2.24) is 20.2 Å². The molecule has 1 aliphatic heterocycles. The molecular weight excluding hydrogens is 254 g/mol. The molecule has 1 unspecified atom stereocenters. The van der Waals surface area contributed by atoms with Crippen molar-refractivity contribution in [2.75, 3.05) is 27.2 Å². The number of hydrogen-bond acceptors (Lipinski definition) is 5. The summed E-state index contributed by atoms with van der Waals surface area (Å²) in [5.41, 5.74) is 3.55. The first-order valence-electron chi connectivity index (χ1n) is 6.95. The summed E-state index contributed by atoms with van der Waals surface area (Å²) in [6.07, 6.45) is 4.04. The molecule has 0 aromatic carbocycles. The van der Waals surface area contributed by atoms with E-state index in [1.807, 2.05) is 6.07 Å². The predicted molar refractivity (Wildman–Crippen MR) is 77.9 cm³/mol. The van der Waals surface area contributed by atoms with Gasteiger partial charge in [-0.3, -0.25) is 20.1 Å². The molecule has 6 nitrogen and oxygen atoms in total. The summed E-state index contributed by atoms with van der Waals surface area (Å²) in [5, 5.41) is 0. The topological polar surface area (TPSA) is 74.5 Å². The van der Waals surface area contributed by atoms with Crippen LogP contribution >= 0.6 is 0 Å². The maximum atomic E-state index is 11.3. The Balaban J connectivity index is 1.93. The van der Waals surface area contributed by atoms with Crippen molar-refractivity contribution < 1.29 is 4.79 Å². The number of amides is 1. The van der Waals surface area contributed by atoms with E-state index in [9.17, 15) is 4.79 Å². The number of nitrogens with two attached hydrogens (primary N) is 1. The van der Waals surface area contributed by atoms with Crippen molar-refractivity contribution in [2.45, 2.75) is 25.4 Å².